The molecule has 0 aliphatic carbocycles. The van der Waals surface area contributed by atoms with E-state index in [1.165, 1.54) is 0 Å². The van der Waals surface area contributed by atoms with Crippen LogP contribution >= 0.6 is 0 Å². The molecule has 0 radical (unpaired) electrons. The SMILES string of the molecule is Cc1cc(OCCN[C@H](C)[C@@H](O)c2ccc(O)cc2)ccc1-c1ccc(C(=O)O)c(Oc2ccccc2)c1. The van der Waals surface area contributed by atoms with Gasteiger partial charge in [0.2, 0.25) is 0 Å². The molecule has 0 aromatic heterocycles. The molecule has 7 heteroatoms. The van der Waals surface area contributed by atoms with Gasteiger partial charge >= 0.3 is 5.97 Å². The van der Waals surface area contributed by atoms with Crippen molar-refractivity contribution in [2.75, 3.05) is 13.2 Å². The topological polar surface area (TPSA) is 108 Å². The van der Waals surface area contributed by atoms with Crippen LogP contribution in [-0.4, -0.2) is 40.5 Å². The van der Waals surface area contributed by atoms with Crippen molar-refractivity contribution in [3.05, 3.63) is 108 Å². The van der Waals surface area contributed by atoms with Crippen molar-refractivity contribution >= 4 is 5.97 Å². The summed E-state index contributed by atoms with van der Waals surface area (Å²) in [6.45, 7) is 4.81. The lowest BCUT2D eigenvalue weighted by atomic mass is 9.98. The molecular formula is C31H31NO6. The van der Waals surface area contributed by atoms with Crippen LogP contribution in [-0.2, 0) is 0 Å². The molecule has 4 rings (SSSR count). The molecule has 0 saturated carbocycles. The van der Waals surface area contributed by atoms with E-state index < -0.39 is 12.1 Å². The van der Waals surface area contributed by atoms with Crippen LogP contribution < -0.4 is 14.8 Å². The number of aromatic carboxylic acids is 1. The second-order valence-corrected chi connectivity index (χ2v) is 9.04. The number of carboxylic acids is 1. The molecule has 4 aromatic rings. The Morgan fingerprint density at radius 2 is 1.66 bits per heavy atom. The first-order chi connectivity index (χ1) is 18.3. The fourth-order valence-electron chi connectivity index (χ4n) is 4.14. The lowest BCUT2D eigenvalue weighted by molar-refractivity contribution is 0.0694. The average Bonchev–Trinajstić information content (AvgIpc) is 2.91. The predicted molar refractivity (Wildman–Crippen MR) is 146 cm³/mol. The fraction of sp³-hybridized carbons (Fsp3) is 0.194. The van der Waals surface area contributed by atoms with Gasteiger partial charge in [-0.25, -0.2) is 4.79 Å². The number of aliphatic hydroxyl groups excluding tert-OH is 1. The molecule has 4 N–H and O–H groups in total. The molecule has 0 spiro atoms. The molecule has 38 heavy (non-hydrogen) atoms. The van der Waals surface area contributed by atoms with E-state index >= 15 is 0 Å². The lowest BCUT2D eigenvalue weighted by Gasteiger charge is -2.21. The first-order valence-corrected chi connectivity index (χ1v) is 12.4. The van der Waals surface area contributed by atoms with Crippen LogP contribution in [0.3, 0.4) is 0 Å². The molecule has 2 atom stereocenters. The minimum Gasteiger partial charge on any atom is -0.508 e. The van der Waals surface area contributed by atoms with Crippen LogP contribution in [0.1, 0.15) is 34.5 Å². The zero-order chi connectivity index (χ0) is 27.1. The Balaban J connectivity index is 1.38. The number of aromatic hydroxyl groups is 1. The highest BCUT2D eigenvalue weighted by Gasteiger charge is 2.17. The van der Waals surface area contributed by atoms with E-state index in [-0.39, 0.29) is 23.1 Å². The summed E-state index contributed by atoms with van der Waals surface area (Å²) in [6, 6.07) is 26.2. The molecule has 0 amide bonds. The van der Waals surface area contributed by atoms with Crippen LogP contribution in [0.4, 0.5) is 0 Å². The largest absolute Gasteiger partial charge is 0.508 e. The Labute approximate surface area is 221 Å². The van der Waals surface area contributed by atoms with Crippen molar-refractivity contribution in [1.29, 1.82) is 0 Å². The number of aliphatic hydroxyl groups is 1. The van der Waals surface area contributed by atoms with Gasteiger partial charge in [0.15, 0.2) is 0 Å². The van der Waals surface area contributed by atoms with Crippen molar-refractivity contribution in [1.82, 2.24) is 5.32 Å². The van der Waals surface area contributed by atoms with Gasteiger partial charge in [0, 0.05) is 12.6 Å². The Hall–Kier alpha value is -4.33. The van der Waals surface area contributed by atoms with Crippen LogP contribution in [0, 0.1) is 6.92 Å². The van der Waals surface area contributed by atoms with Crippen molar-refractivity contribution in [3.8, 4) is 34.1 Å². The standard InChI is InChI=1S/C31H31NO6/c1-20-18-26(37-17-16-32-21(2)30(34)22-8-11-24(33)12-9-22)13-15-27(20)23-10-14-28(31(35)36)29(19-23)38-25-6-4-3-5-7-25/h3-15,18-19,21,30,32-34H,16-17H2,1-2H3,(H,35,36)/t21-,30-/m1/s1. The Kier molecular flexibility index (Phi) is 8.63. The first kappa shape index (κ1) is 26.7. The van der Waals surface area contributed by atoms with E-state index in [1.807, 2.05) is 50.2 Å². The van der Waals surface area contributed by atoms with Gasteiger partial charge in [-0.1, -0.05) is 42.5 Å². The number of benzene rings is 4. The highest BCUT2D eigenvalue weighted by Crippen LogP contribution is 2.33. The summed E-state index contributed by atoms with van der Waals surface area (Å²) >= 11 is 0. The number of hydrogen-bond donors (Lipinski definition) is 4. The predicted octanol–water partition coefficient (Wildman–Crippen LogP) is 5.95. The van der Waals surface area contributed by atoms with Gasteiger partial charge in [-0.15, -0.1) is 0 Å². The number of ether oxygens (including phenoxy) is 2. The van der Waals surface area contributed by atoms with Crippen molar-refractivity contribution in [2.45, 2.75) is 26.0 Å². The quantitative estimate of drug-likeness (QED) is 0.184. The number of aryl methyl sites for hydroxylation is 1. The summed E-state index contributed by atoms with van der Waals surface area (Å²) in [6.07, 6.45) is -0.708. The van der Waals surface area contributed by atoms with E-state index in [9.17, 15) is 20.1 Å². The third-order valence-electron chi connectivity index (χ3n) is 6.24. The molecule has 7 nitrogen and oxygen atoms in total. The van der Waals surface area contributed by atoms with E-state index in [0.29, 0.717) is 24.7 Å². The number of phenolic OH excluding ortho intramolecular Hbond substituents is 1. The van der Waals surface area contributed by atoms with Crippen molar-refractivity contribution in [3.63, 3.8) is 0 Å². The zero-order valence-electron chi connectivity index (χ0n) is 21.3. The summed E-state index contributed by atoms with van der Waals surface area (Å²) in [5.74, 6) is 0.653. The minimum absolute atomic E-state index is 0.0902. The molecule has 0 fully saturated rings. The van der Waals surface area contributed by atoms with Crippen LogP contribution in [0.25, 0.3) is 11.1 Å². The van der Waals surface area contributed by atoms with Gasteiger partial charge in [0.25, 0.3) is 0 Å². The minimum atomic E-state index is -1.05. The third-order valence-corrected chi connectivity index (χ3v) is 6.24. The highest BCUT2D eigenvalue weighted by molar-refractivity contribution is 5.92. The van der Waals surface area contributed by atoms with E-state index in [4.69, 9.17) is 9.47 Å². The van der Waals surface area contributed by atoms with Gasteiger partial charge < -0.3 is 30.1 Å². The molecule has 4 aromatic carbocycles. The molecular weight excluding hydrogens is 482 g/mol. The van der Waals surface area contributed by atoms with E-state index in [2.05, 4.69) is 5.32 Å². The zero-order valence-corrected chi connectivity index (χ0v) is 21.3. The van der Waals surface area contributed by atoms with Crippen molar-refractivity contribution in [2.24, 2.45) is 0 Å². The molecule has 0 heterocycles. The number of rotatable bonds is 11. The number of para-hydroxylation sites is 1. The normalized spacial score (nSPS) is 12.5. The van der Waals surface area contributed by atoms with Gasteiger partial charge in [-0.2, -0.15) is 0 Å². The monoisotopic (exact) mass is 513 g/mol. The third kappa shape index (κ3) is 6.70. The van der Waals surface area contributed by atoms with Crippen molar-refractivity contribution < 1.29 is 29.6 Å². The fourth-order valence-corrected chi connectivity index (χ4v) is 4.14. The Bertz CT molecular complexity index is 1370. The van der Waals surface area contributed by atoms with Gasteiger partial charge in [-0.3, -0.25) is 0 Å². The molecule has 0 saturated heterocycles. The summed E-state index contributed by atoms with van der Waals surface area (Å²) in [4.78, 5) is 11.7. The molecule has 0 aliphatic rings. The van der Waals surface area contributed by atoms with Crippen LogP contribution in [0.2, 0.25) is 0 Å². The first-order valence-electron chi connectivity index (χ1n) is 12.4. The maximum atomic E-state index is 11.7. The summed E-state index contributed by atoms with van der Waals surface area (Å²) in [5.41, 5.74) is 3.57. The van der Waals surface area contributed by atoms with Gasteiger partial charge in [-0.05, 0) is 84.6 Å². The highest BCUT2D eigenvalue weighted by atomic mass is 16.5. The van der Waals surface area contributed by atoms with E-state index in [0.717, 1.165) is 22.3 Å². The number of phenols is 1. The maximum Gasteiger partial charge on any atom is 0.339 e. The Morgan fingerprint density at radius 1 is 0.921 bits per heavy atom. The number of nitrogens with one attached hydrogen (secondary N) is 1. The maximum absolute atomic E-state index is 11.7. The van der Waals surface area contributed by atoms with Gasteiger partial charge in [0.05, 0.1) is 6.10 Å². The number of carboxylic acid groups (broad SMARTS) is 1. The smallest absolute Gasteiger partial charge is 0.339 e. The molecule has 0 bridgehead atoms. The second kappa shape index (κ2) is 12.3. The molecule has 0 unspecified atom stereocenters. The Morgan fingerprint density at radius 3 is 2.34 bits per heavy atom. The molecule has 196 valence electrons. The van der Waals surface area contributed by atoms with Gasteiger partial charge in [0.1, 0.15) is 35.2 Å². The summed E-state index contributed by atoms with van der Waals surface area (Å²) < 4.78 is 11.8. The lowest BCUT2D eigenvalue weighted by Crippen LogP contribution is -2.35. The average molecular weight is 514 g/mol. The second-order valence-electron chi connectivity index (χ2n) is 9.04. The van der Waals surface area contributed by atoms with E-state index in [1.54, 1.807) is 54.6 Å². The summed E-state index contributed by atoms with van der Waals surface area (Å²) in [5, 5.41) is 32.8. The van der Waals surface area contributed by atoms with Crippen LogP contribution in [0.15, 0.2) is 91.0 Å². The number of hydrogen-bond acceptors (Lipinski definition) is 6. The van der Waals surface area contributed by atoms with Crippen LogP contribution in [0.5, 0.6) is 23.0 Å². The molecule has 0 aliphatic heterocycles. The summed E-state index contributed by atoms with van der Waals surface area (Å²) in [7, 11) is 0. The number of carbonyl (C=O) groups is 1.